The molecule has 16 heavy (non-hydrogen) atoms. The van der Waals surface area contributed by atoms with Crippen LogP contribution in [0.2, 0.25) is 0 Å². The maximum Gasteiger partial charge on any atom is 0.338 e. The van der Waals surface area contributed by atoms with Gasteiger partial charge in [0.1, 0.15) is 18.3 Å². The molecule has 0 aromatic heterocycles. The van der Waals surface area contributed by atoms with Gasteiger partial charge >= 0.3 is 5.97 Å². The Morgan fingerprint density at radius 2 is 1.62 bits per heavy atom. The summed E-state index contributed by atoms with van der Waals surface area (Å²) >= 11 is 0. The third kappa shape index (κ3) is 4.42. The molecule has 0 radical (unpaired) electrons. The third-order valence-electron chi connectivity index (χ3n) is 1.85. The molecular formula is C9H18O7. The van der Waals surface area contributed by atoms with Crippen LogP contribution in [0.15, 0.2) is 0 Å². The maximum atomic E-state index is 11.1. The molecule has 4 unspecified atom stereocenters. The van der Waals surface area contributed by atoms with E-state index in [2.05, 4.69) is 4.74 Å². The zero-order chi connectivity index (χ0) is 12.9. The van der Waals surface area contributed by atoms with E-state index in [1.165, 1.54) is 0 Å². The van der Waals surface area contributed by atoms with Gasteiger partial charge in [-0.05, 0) is 13.8 Å². The van der Waals surface area contributed by atoms with E-state index in [1.807, 2.05) is 0 Å². The smallest absolute Gasteiger partial charge is 0.338 e. The predicted octanol–water partition coefficient (Wildman–Crippen LogP) is -2.63. The van der Waals surface area contributed by atoms with Gasteiger partial charge in [-0.1, -0.05) is 0 Å². The van der Waals surface area contributed by atoms with Crippen LogP contribution in [0.25, 0.3) is 0 Å². The van der Waals surface area contributed by atoms with Gasteiger partial charge in [-0.3, -0.25) is 0 Å². The summed E-state index contributed by atoms with van der Waals surface area (Å²) in [5.74, 6) is -1.10. The number of aliphatic hydroxyl groups is 5. The molecule has 0 aliphatic heterocycles. The fraction of sp³-hybridized carbons (Fsp3) is 0.889. The number of hydrogen-bond acceptors (Lipinski definition) is 7. The van der Waals surface area contributed by atoms with Gasteiger partial charge in [-0.2, -0.15) is 0 Å². The van der Waals surface area contributed by atoms with E-state index >= 15 is 0 Å². The lowest BCUT2D eigenvalue weighted by Gasteiger charge is -2.24. The van der Waals surface area contributed by atoms with Gasteiger partial charge in [0.2, 0.25) is 0 Å². The highest BCUT2D eigenvalue weighted by Crippen LogP contribution is 2.07. The van der Waals surface area contributed by atoms with Gasteiger partial charge < -0.3 is 30.3 Å². The molecule has 0 amide bonds. The summed E-state index contributed by atoms with van der Waals surface area (Å²) in [6.45, 7) is 2.30. The summed E-state index contributed by atoms with van der Waals surface area (Å²) < 4.78 is 4.59. The first-order valence-corrected chi connectivity index (χ1v) is 4.84. The van der Waals surface area contributed by atoms with E-state index in [0.717, 1.165) is 0 Å². The van der Waals surface area contributed by atoms with Crippen LogP contribution in [0.5, 0.6) is 0 Å². The first-order chi connectivity index (χ1) is 7.31. The number of aliphatic hydroxyl groups excluding tert-OH is 5. The second kappa shape index (κ2) is 6.77. The molecule has 7 heteroatoms. The molecule has 0 aliphatic rings. The minimum Gasteiger partial charge on any atom is -0.461 e. The Morgan fingerprint density at radius 3 is 2.00 bits per heavy atom. The highest BCUT2D eigenvalue weighted by atomic mass is 16.6. The van der Waals surface area contributed by atoms with Crippen LogP contribution in [-0.2, 0) is 9.53 Å². The Labute approximate surface area is 92.9 Å². The Bertz CT molecular complexity index is 218. The van der Waals surface area contributed by atoms with Crippen molar-refractivity contribution in [3.63, 3.8) is 0 Å². The number of carbonyl (C=O) groups is 1. The molecule has 0 saturated heterocycles. The van der Waals surface area contributed by atoms with Gasteiger partial charge in [0.25, 0.3) is 0 Å². The molecule has 0 aliphatic carbocycles. The summed E-state index contributed by atoms with van der Waals surface area (Å²) in [4.78, 5) is 11.1. The molecule has 0 aromatic carbocycles. The van der Waals surface area contributed by atoms with Crippen LogP contribution >= 0.6 is 0 Å². The SMILES string of the molecule is CC(C)OC(=O)C(O)C(O)C(O)C(O)CO. The second-order valence-corrected chi connectivity index (χ2v) is 3.66. The third-order valence-corrected chi connectivity index (χ3v) is 1.85. The topological polar surface area (TPSA) is 127 Å². The van der Waals surface area contributed by atoms with Crippen LogP contribution in [-0.4, -0.2) is 68.6 Å². The number of ether oxygens (including phenoxy) is 1. The van der Waals surface area contributed by atoms with Crippen LogP contribution in [0.1, 0.15) is 13.8 Å². The molecule has 0 saturated carbocycles. The lowest BCUT2D eigenvalue weighted by atomic mass is 10.0. The number of esters is 1. The van der Waals surface area contributed by atoms with Crippen molar-refractivity contribution in [1.82, 2.24) is 0 Å². The highest BCUT2D eigenvalue weighted by Gasteiger charge is 2.35. The Kier molecular flexibility index (Phi) is 6.46. The fourth-order valence-corrected chi connectivity index (χ4v) is 0.964. The first kappa shape index (κ1) is 15.3. The lowest BCUT2D eigenvalue weighted by Crippen LogP contribution is -2.49. The number of hydrogen-bond donors (Lipinski definition) is 5. The van der Waals surface area contributed by atoms with Crippen molar-refractivity contribution in [3.8, 4) is 0 Å². The summed E-state index contributed by atoms with van der Waals surface area (Å²) in [6.07, 6.45) is -7.85. The minimum atomic E-state index is -1.97. The molecule has 0 rings (SSSR count). The van der Waals surface area contributed by atoms with Crippen molar-refractivity contribution in [1.29, 1.82) is 0 Å². The molecular weight excluding hydrogens is 220 g/mol. The quantitative estimate of drug-likeness (QED) is 0.320. The zero-order valence-electron chi connectivity index (χ0n) is 9.15. The number of rotatable bonds is 6. The van der Waals surface area contributed by atoms with E-state index in [9.17, 15) is 20.1 Å². The van der Waals surface area contributed by atoms with E-state index in [0.29, 0.717) is 0 Å². The Hall–Kier alpha value is -0.730. The van der Waals surface area contributed by atoms with Crippen molar-refractivity contribution in [2.75, 3.05) is 6.61 Å². The van der Waals surface area contributed by atoms with Gasteiger partial charge in [-0.25, -0.2) is 4.79 Å². The van der Waals surface area contributed by atoms with Crippen LogP contribution < -0.4 is 0 Å². The summed E-state index contributed by atoms with van der Waals surface area (Å²) in [6, 6.07) is 0. The molecule has 0 bridgehead atoms. The summed E-state index contributed by atoms with van der Waals surface area (Å²) in [5.41, 5.74) is 0. The lowest BCUT2D eigenvalue weighted by molar-refractivity contribution is -0.173. The van der Waals surface area contributed by atoms with E-state index < -0.39 is 43.1 Å². The van der Waals surface area contributed by atoms with Crippen molar-refractivity contribution in [2.24, 2.45) is 0 Å². The molecule has 0 heterocycles. The molecule has 0 aromatic rings. The zero-order valence-corrected chi connectivity index (χ0v) is 9.15. The van der Waals surface area contributed by atoms with Crippen molar-refractivity contribution in [2.45, 2.75) is 44.4 Å². The van der Waals surface area contributed by atoms with Crippen LogP contribution in [0, 0.1) is 0 Å². The molecule has 7 nitrogen and oxygen atoms in total. The summed E-state index contributed by atoms with van der Waals surface area (Å²) in [7, 11) is 0. The average Bonchev–Trinajstić information content (AvgIpc) is 2.23. The maximum absolute atomic E-state index is 11.1. The van der Waals surface area contributed by atoms with Crippen molar-refractivity contribution < 1.29 is 35.1 Å². The number of carbonyl (C=O) groups excluding carboxylic acids is 1. The average molecular weight is 238 g/mol. The predicted molar refractivity (Wildman–Crippen MR) is 52.3 cm³/mol. The van der Waals surface area contributed by atoms with Crippen molar-refractivity contribution >= 4 is 5.97 Å². The molecule has 5 N–H and O–H groups in total. The standard InChI is InChI=1S/C9H18O7/c1-4(2)16-9(15)8(14)7(13)6(12)5(11)3-10/h4-8,10-14H,3H2,1-2H3. The Balaban J connectivity index is 4.36. The normalized spacial score (nSPS) is 19.0. The van der Waals surface area contributed by atoms with Gasteiger partial charge in [-0.15, -0.1) is 0 Å². The summed E-state index contributed by atoms with van der Waals surface area (Å²) in [5, 5.41) is 45.3. The molecule has 0 fully saturated rings. The van der Waals surface area contributed by atoms with E-state index in [4.69, 9.17) is 10.2 Å². The van der Waals surface area contributed by atoms with Crippen LogP contribution in [0.3, 0.4) is 0 Å². The largest absolute Gasteiger partial charge is 0.461 e. The van der Waals surface area contributed by atoms with Crippen LogP contribution in [0.4, 0.5) is 0 Å². The monoisotopic (exact) mass is 238 g/mol. The second-order valence-electron chi connectivity index (χ2n) is 3.66. The molecule has 0 spiro atoms. The van der Waals surface area contributed by atoms with E-state index in [-0.39, 0.29) is 0 Å². The van der Waals surface area contributed by atoms with Crippen molar-refractivity contribution in [3.05, 3.63) is 0 Å². The minimum absolute atomic E-state index is 0.478. The molecule has 96 valence electrons. The molecule has 4 atom stereocenters. The Morgan fingerprint density at radius 1 is 1.12 bits per heavy atom. The fourth-order valence-electron chi connectivity index (χ4n) is 0.964. The van der Waals surface area contributed by atoms with Gasteiger partial charge in [0.05, 0.1) is 12.7 Å². The highest BCUT2D eigenvalue weighted by molar-refractivity contribution is 5.75. The first-order valence-electron chi connectivity index (χ1n) is 4.84. The van der Waals surface area contributed by atoms with Gasteiger partial charge in [0, 0.05) is 0 Å². The van der Waals surface area contributed by atoms with E-state index in [1.54, 1.807) is 13.8 Å². The van der Waals surface area contributed by atoms with Gasteiger partial charge in [0.15, 0.2) is 6.10 Å².